The van der Waals surface area contributed by atoms with Gasteiger partial charge in [-0.05, 0) is 44.4 Å². The number of carbonyl (C=O) groups excluding carboxylic acids is 1. The molecule has 2 aliphatic rings. The third kappa shape index (κ3) is 3.13. The van der Waals surface area contributed by atoms with Gasteiger partial charge >= 0.3 is 0 Å². The normalized spacial score (nSPS) is 32.8. The number of hydrogen-bond donors (Lipinski definition) is 1. The van der Waals surface area contributed by atoms with Gasteiger partial charge in [-0.25, -0.2) is 0 Å². The standard InChI is InChI=1S/C16H30N2O/c1-5-16(4)15(19)18(11-13-8-6-7-9-13)14(17-16)10-12(2)3/h12-14,17H,5-11H2,1-4H3. The molecule has 2 fully saturated rings. The van der Waals surface area contributed by atoms with Crippen LogP contribution in [0.25, 0.3) is 0 Å². The Balaban J connectivity index is 2.08. The summed E-state index contributed by atoms with van der Waals surface area (Å²) in [6.45, 7) is 9.62. The van der Waals surface area contributed by atoms with E-state index >= 15 is 0 Å². The molecule has 0 aromatic heterocycles. The van der Waals surface area contributed by atoms with Gasteiger partial charge in [-0.15, -0.1) is 0 Å². The van der Waals surface area contributed by atoms with Gasteiger partial charge in [0, 0.05) is 6.54 Å². The van der Waals surface area contributed by atoms with E-state index in [2.05, 4.69) is 37.9 Å². The third-order valence-electron chi connectivity index (χ3n) is 4.93. The Bertz CT molecular complexity index is 323. The molecule has 110 valence electrons. The molecule has 0 spiro atoms. The molecule has 3 nitrogen and oxygen atoms in total. The van der Waals surface area contributed by atoms with E-state index in [-0.39, 0.29) is 11.7 Å². The monoisotopic (exact) mass is 266 g/mol. The van der Waals surface area contributed by atoms with E-state index in [1.807, 2.05) is 0 Å². The average Bonchev–Trinajstić information content (AvgIpc) is 2.93. The van der Waals surface area contributed by atoms with Crippen molar-refractivity contribution in [3.8, 4) is 0 Å². The maximum absolute atomic E-state index is 12.7. The Morgan fingerprint density at radius 1 is 1.37 bits per heavy atom. The third-order valence-corrected chi connectivity index (χ3v) is 4.93. The van der Waals surface area contributed by atoms with Gasteiger partial charge in [0.15, 0.2) is 0 Å². The summed E-state index contributed by atoms with van der Waals surface area (Å²) >= 11 is 0. The Hall–Kier alpha value is -0.570. The highest BCUT2D eigenvalue weighted by molar-refractivity contribution is 5.88. The lowest BCUT2D eigenvalue weighted by molar-refractivity contribution is -0.133. The van der Waals surface area contributed by atoms with Crippen LogP contribution in [-0.4, -0.2) is 29.1 Å². The summed E-state index contributed by atoms with van der Waals surface area (Å²) < 4.78 is 0. The highest BCUT2D eigenvalue weighted by atomic mass is 16.2. The summed E-state index contributed by atoms with van der Waals surface area (Å²) in [5.41, 5.74) is -0.335. The summed E-state index contributed by atoms with van der Waals surface area (Å²) in [4.78, 5) is 14.9. The predicted molar refractivity (Wildman–Crippen MR) is 78.7 cm³/mol. The Kier molecular flexibility index (Phi) is 4.54. The number of hydrogen-bond acceptors (Lipinski definition) is 2. The summed E-state index contributed by atoms with van der Waals surface area (Å²) in [5.74, 6) is 1.68. The maximum atomic E-state index is 12.7. The smallest absolute Gasteiger partial charge is 0.243 e. The quantitative estimate of drug-likeness (QED) is 0.829. The van der Waals surface area contributed by atoms with Gasteiger partial charge in [-0.3, -0.25) is 10.1 Å². The van der Waals surface area contributed by atoms with E-state index in [1.54, 1.807) is 0 Å². The van der Waals surface area contributed by atoms with Crippen molar-refractivity contribution in [1.82, 2.24) is 10.2 Å². The highest BCUT2D eigenvalue weighted by Gasteiger charge is 2.47. The summed E-state index contributed by atoms with van der Waals surface area (Å²) in [5, 5.41) is 3.60. The van der Waals surface area contributed by atoms with Crippen molar-refractivity contribution < 1.29 is 4.79 Å². The van der Waals surface area contributed by atoms with Crippen molar-refractivity contribution in [3.05, 3.63) is 0 Å². The van der Waals surface area contributed by atoms with Gasteiger partial charge in [0.2, 0.25) is 5.91 Å². The molecule has 2 rings (SSSR count). The van der Waals surface area contributed by atoms with Crippen LogP contribution in [0.2, 0.25) is 0 Å². The number of nitrogens with zero attached hydrogens (tertiary/aromatic N) is 1. The number of rotatable bonds is 5. The molecule has 1 N–H and O–H groups in total. The minimum absolute atomic E-state index is 0.248. The molecule has 2 atom stereocenters. The molecule has 1 saturated heterocycles. The van der Waals surface area contributed by atoms with Crippen molar-refractivity contribution in [3.63, 3.8) is 0 Å². The van der Waals surface area contributed by atoms with E-state index in [4.69, 9.17) is 0 Å². The number of carbonyl (C=O) groups is 1. The second-order valence-corrected chi connectivity index (χ2v) is 7.08. The van der Waals surface area contributed by atoms with Gasteiger partial charge in [-0.2, -0.15) is 0 Å². The van der Waals surface area contributed by atoms with Crippen molar-refractivity contribution in [1.29, 1.82) is 0 Å². The minimum Gasteiger partial charge on any atom is -0.325 e. The summed E-state index contributed by atoms with van der Waals surface area (Å²) in [7, 11) is 0. The van der Waals surface area contributed by atoms with E-state index in [9.17, 15) is 4.79 Å². The molecular weight excluding hydrogens is 236 g/mol. The first-order valence-electron chi connectivity index (χ1n) is 8.05. The van der Waals surface area contributed by atoms with Crippen molar-refractivity contribution in [2.75, 3.05) is 6.54 Å². The molecule has 0 aromatic carbocycles. The fourth-order valence-electron chi connectivity index (χ4n) is 3.53. The second-order valence-electron chi connectivity index (χ2n) is 7.08. The largest absolute Gasteiger partial charge is 0.325 e. The first-order valence-corrected chi connectivity index (χ1v) is 8.05. The highest BCUT2D eigenvalue weighted by Crippen LogP contribution is 2.31. The minimum atomic E-state index is -0.335. The van der Waals surface area contributed by atoms with Gasteiger partial charge in [-0.1, -0.05) is 33.6 Å². The molecule has 1 aliphatic heterocycles. The lowest BCUT2D eigenvalue weighted by Gasteiger charge is -2.28. The van der Waals surface area contributed by atoms with Crippen LogP contribution >= 0.6 is 0 Å². The Morgan fingerprint density at radius 2 is 2.00 bits per heavy atom. The van der Waals surface area contributed by atoms with E-state index in [1.165, 1.54) is 25.7 Å². The lowest BCUT2D eigenvalue weighted by Crippen LogP contribution is -2.44. The van der Waals surface area contributed by atoms with Crippen LogP contribution in [0.5, 0.6) is 0 Å². The molecular formula is C16H30N2O. The maximum Gasteiger partial charge on any atom is 0.243 e. The zero-order valence-corrected chi connectivity index (χ0v) is 13.0. The molecule has 1 aliphatic carbocycles. The molecule has 1 saturated carbocycles. The van der Waals surface area contributed by atoms with Crippen LogP contribution in [0.1, 0.15) is 66.2 Å². The average molecular weight is 266 g/mol. The Labute approximate surface area is 118 Å². The van der Waals surface area contributed by atoms with Gasteiger partial charge in [0.1, 0.15) is 0 Å². The topological polar surface area (TPSA) is 32.3 Å². The van der Waals surface area contributed by atoms with Gasteiger partial charge in [0.25, 0.3) is 0 Å². The Morgan fingerprint density at radius 3 is 2.53 bits per heavy atom. The first kappa shape index (κ1) is 14.8. The molecule has 2 unspecified atom stereocenters. The van der Waals surface area contributed by atoms with Crippen LogP contribution in [0.3, 0.4) is 0 Å². The van der Waals surface area contributed by atoms with Gasteiger partial charge < -0.3 is 4.90 Å². The molecule has 0 aromatic rings. The van der Waals surface area contributed by atoms with Crippen molar-refractivity contribution in [2.24, 2.45) is 11.8 Å². The SMILES string of the molecule is CCC1(C)NC(CC(C)C)N(CC2CCCC2)C1=O. The van der Waals surface area contributed by atoms with E-state index < -0.39 is 0 Å². The molecule has 0 radical (unpaired) electrons. The molecule has 19 heavy (non-hydrogen) atoms. The first-order chi connectivity index (χ1) is 8.96. The van der Waals surface area contributed by atoms with Crippen LogP contribution in [0.15, 0.2) is 0 Å². The molecule has 0 bridgehead atoms. The summed E-state index contributed by atoms with van der Waals surface area (Å²) in [6, 6.07) is 0. The van der Waals surface area contributed by atoms with E-state index in [0.29, 0.717) is 11.8 Å². The van der Waals surface area contributed by atoms with Crippen LogP contribution in [-0.2, 0) is 4.79 Å². The van der Waals surface area contributed by atoms with Gasteiger partial charge in [0.05, 0.1) is 11.7 Å². The van der Waals surface area contributed by atoms with Crippen LogP contribution < -0.4 is 5.32 Å². The van der Waals surface area contributed by atoms with E-state index in [0.717, 1.165) is 25.3 Å². The number of amides is 1. The molecule has 3 heteroatoms. The van der Waals surface area contributed by atoms with Crippen LogP contribution in [0.4, 0.5) is 0 Å². The number of nitrogens with one attached hydrogen (secondary N) is 1. The van der Waals surface area contributed by atoms with Crippen LogP contribution in [0, 0.1) is 11.8 Å². The fraction of sp³-hybridized carbons (Fsp3) is 0.938. The zero-order valence-electron chi connectivity index (χ0n) is 13.0. The fourth-order valence-corrected chi connectivity index (χ4v) is 3.53. The van der Waals surface area contributed by atoms with Crippen molar-refractivity contribution in [2.45, 2.75) is 77.9 Å². The lowest BCUT2D eigenvalue weighted by atomic mass is 9.99. The summed E-state index contributed by atoms with van der Waals surface area (Å²) in [6.07, 6.45) is 7.50. The zero-order chi connectivity index (χ0) is 14.0. The predicted octanol–water partition coefficient (Wildman–Crippen LogP) is 3.15. The second kappa shape index (κ2) is 5.82. The molecule has 1 amide bonds. The molecule has 1 heterocycles. The van der Waals surface area contributed by atoms with Crippen molar-refractivity contribution >= 4 is 5.91 Å².